The number of fused-ring (bicyclic) bond motifs is 3. The van der Waals surface area contributed by atoms with E-state index in [0.29, 0.717) is 51.3 Å². The third kappa shape index (κ3) is 8.30. The first-order valence-corrected chi connectivity index (χ1v) is 19.8. The molecule has 2 aliphatic heterocycles. The molecule has 54 heavy (non-hydrogen) atoms. The lowest BCUT2D eigenvalue weighted by Crippen LogP contribution is -2.59. The number of carbonyl (C=O) groups excluding carboxylic acids is 4. The number of nitrogens with one attached hydrogen (secondary N) is 3. The standard InChI is InChI=1S/C37H46F3N5O8S/c1-21-9-5-7-11-24-19-36(24,33(48)44-54(50,51)26-13-14-26)43-30(46)28-18-25(52-31-27-12-8-6-10-23(27)15-16-41-31)20-45(28)32(47)29(22(2)17-21)42-34(49)53-35(3,4)37(38,39)40/h6-8,10-12,15-16,21-22,24-26,28-29H,5,9,13-14,17-20H2,1-4H3,(H,42,49)(H,43,46)(H,44,48)/t21-,22-,24-,25-,28+,29+,36-/m1/s1. The quantitative estimate of drug-likeness (QED) is 0.342. The molecule has 3 heterocycles. The van der Waals surface area contributed by atoms with E-state index >= 15 is 0 Å². The molecule has 17 heteroatoms. The van der Waals surface area contributed by atoms with Gasteiger partial charge in [-0.1, -0.05) is 44.2 Å². The topological polar surface area (TPSA) is 173 Å². The number of benzene rings is 1. The summed E-state index contributed by atoms with van der Waals surface area (Å²) in [6, 6.07) is 6.42. The summed E-state index contributed by atoms with van der Waals surface area (Å²) in [5.74, 6) is -3.31. The van der Waals surface area contributed by atoms with Gasteiger partial charge in [0.25, 0.3) is 5.91 Å². The first kappa shape index (κ1) is 39.3. The van der Waals surface area contributed by atoms with Crippen LogP contribution in [0.15, 0.2) is 48.7 Å². The normalized spacial score (nSPS) is 29.6. The summed E-state index contributed by atoms with van der Waals surface area (Å²) < 4.78 is 79.9. The van der Waals surface area contributed by atoms with E-state index in [4.69, 9.17) is 9.47 Å². The van der Waals surface area contributed by atoms with Gasteiger partial charge in [0.1, 0.15) is 23.7 Å². The predicted octanol–water partition coefficient (Wildman–Crippen LogP) is 4.51. The van der Waals surface area contributed by atoms with Crippen LogP contribution in [0.25, 0.3) is 10.8 Å². The molecule has 3 N–H and O–H groups in total. The molecule has 6 rings (SSSR count). The first-order valence-electron chi connectivity index (χ1n) is 18.2. The van der Waals surface area contributed by atoms with E-state index in [0.717, 1.165) is 5.39 Å². The van der Waals surface area contributed by atoms with Crippen molar-refractivity contribution in [1.29, 1.82) is 0 Å². The summed E-state index contributed by atoms with van der Waals surface area (Å²) in [5, 5.41) is 5.98. The first-order chi connectivity index (χ1) is 25.3. The van der Waals surface area contributed by atoms with Crippen LogP contribution in [-0.4, -0.2) is 89.4 Å². The van der Waals surface area contributed by atoms with Crippen molar-refractivity contribution in [2.45, 2.75) is 113 Å². The van der Waals surface area contributed by atoms with Gasteiger partial charge in [-0.15, -0.1) is 0 Å². The lowest BCUT2D eigenvalue weighted by Gasteiger charge is -2.34. The predicted molar refractivity (Wildman–Crippen MR) is 190 cm³/mol. The van der Waals surface area contributed by atoms with E-state index in [9.17, 15) is 40.8 Å². The van der Waals surface area contributed by atoms with Crippen molar-refractivity contribution in [2.75, 3.05) is 6.54 Å². The van der Waals surface area contributed by atoms with Crippen LogP contribution in [0.4, 0.5) is 18.0 Å². The number of alkyl halides is 3. The molecule has 4 aliphatic rings. The van der Waals surface area contributed by atoms with Crippen LogP contribution in [-0.2, 0) is 29.1 Å². The Morgan fingerprint density at radius 2 is 1.78 bits per heavy atom. The molecule has 0 bridgehead atoms. The van der Waals surface area contributed by atoms with E-state index in [1.54, 1.807) is 37.4 Å². The van der Waals surface area contributed by atoms with Crippen molar-refractivity contribution in [3.05, 3.63) is 48.7 Å². The maximum Gasteiger partial charge on any atom is 0.427 e. The Morgan fingerprint density at radius 3 is 2.48 bits per heavy atom. The number of sulfonamides is 1. The largest absolute Gasteiger partial charge is 0.472 e. The van der Waals surface area contributed by atoms with Crippen LogP contribution < -0.4 is 20.1 Å². The molecule has 2 saturated carbocycles. The molecule has 7 atom stereocenters. The third-order valence-corrected chi connectivity index (χ3v) is 12.7. The van der Waals surface area contributed by atoms with E-state index in [-0.39, 0.29) is 31.2 Å². The van der Waals surface area contributed by atoms with Crippen molar-refractivity contribution in [2.24, 2.45) is 17.8 Å². The molecule has 0 radical (unpaired) electrons. The fourth-order valence-electron chi connectivity index (χ4n) is 7.29. The van der Waals surface area contributed by atoms with Crippen molar-refractivity contribution in [1.82, 2.24) is 25.2 Å². The van der Waals surface area contributed by atoms with Crippen molar-refractivity contribution in [3.8, 4) is 5.88 Å². The van der Waals surface area contributed by atoms with Gasteiger partial charge in [-0.2, -0.15) is 13.2 Å². The minimum Gasteiger partial charge on any atom is -0.472 e. The molecule has 294 valence electrons. The maximum absolute atomic E-state index is 14.6. The smallest absolute Gasteiger partial charge is 0.427 e. The number of amides is 4. The van der Waals surface area contributed by atoms with Crippen molar-refractivity contribution in [3.63, 3.8) is 0 Å². The highest BCUT2D eigenvalue weighted by Gasteiger charge is 2.62. The second-order valence-electron chi connectivity index (χ2n) is 15.6. The van der Waals surface area contributed by atoms with E-state index < -0.39 is 86.4 Å². The van der Waals surface area contributed by atoms with Gasteiger partial charge < -0.3 is 25.0 Å². The number of alkyl carbamates (subject to hydrolysis) is 1. The van der Waals surface area contributed by atoms with Crippen LogP contribution in [0.5, 0.6) is 5.88 Å². The summed E-state index contributed by atoms with van der Waals surface area (Å²) in [6.07, 6.45) is 0.482. The zero-order valence-corrected chi connectivity index (χ0v) is 31.3. The van der Waals surface area contributed by atoms with Gasteiger partial charge in [-0.3, -0.25) is 19.1 Å². The van der Waals surface area contributed by atoms with Gasteiger partial charge in [0, 0.05) is 23.9 Å². The number of rotatable bonds is 7. The summed E-state index contributed by atoms with van der Waals surface area (Å²) in [4.78, 5) is 61.3. The van der Waals surface area contributed by atoms with Crippen LogP contribution in [0, 0.1) is 17.8 Å². The Hall–Kier alpha value is -4.41. The zero-order valence-electron chi connectivity index (χ0n) is 30.5. The van der Waals surface area contributed by atoms with Gasteiger partial charge in [0.2, 0.25) is 33.3 Å². The Bertz CT molecular complexity index is 1930. The number of hydrogen-bond donors (Lipinski definition) is 3. The average molecular weight is 778 g/mol. The molecule has 0 unspecified atom stereocenters. The summed E-state index contributed by atoms with van der Waals surface area (Å²) >= 11 is 0. The lowest BCUT2D eigenvalue weighted by molar-refractivity contribution is -0.244. The minimum absolute atomic E-state index is 0.0203. The van der Waals surface area contributed by atoms with Gasteiger partial charge in [-0.05, 0) is 81.7 Å². The van der Waals surface area contributed by atoms with E-state index in [2.05, 4.69) is 20.3 Å². The molecule has 0 spiro atoms. The number of pyridine rings is 1. The monoisotopic (exact) mass is 777 g/mol. The van der Waals surface area contributed by atoms with Crippen LogP contribution in [0.3, 0.4) is 0 Å². The molecule has 13 nitrogen and oxygen atoms in total. The molecule has 2 aliphatic carbocycles. The Kier molecular flexibility index (Phi) is 10.7. The highest BCUT2D eigenvalue weighted by Crippen LogP contribution is 2.46. The second kappa shape index (κ2) is 14.7. The Labute approximate surface area is 311 Å². The number of halogens is 3. The summed E-state index contributed by atoms with van der Waals surface area (Å²) in [7, 11) is -3.96. The average Bonchev–Trinajstić information content (AvgIpc) is 4.01. The highest BCUT2D eigenvalue weighted by molar-refractivity contribution is 7.91. The van der Waals surface area contributed by atoms with Crippen LogP contribution in [0.2, 0.25) is 0 Å². The number of ether oxygens (including phenoxy) is 2. The minimum atomic E-state index is -4.90. The zero-order chi connectivity index (χ0) is 39.2. The van der Waals surface area contributed by atoms with Crippen molar-refractivity contribution >= 4 is 44.6 Å². The van der Waals surface area contributed by atoms with E-state index in [1.165, 1.54) is 4.90 Å². The Balaban J connectivity index is 1.34. The number of allylic oxidation sites excluding steroid dienone is 1. The number of nitrogens with zero attached hydrogens (tertiary/aromatic N) is 2. The van der Waals surface area contributed by atoms with Gasteiger partial charge in [0.05, 0.1) is 11.8 Å². The molecule has 1 aromatic carbocycles. The number of hydrogen-bond acceptors (Lipinski definition) is 9. The van der Waals surface area contributed by atoms with E-state index in [1.807, 2.05) is 25.1 Å². The molecular formula is C37H46F3N5O8S. The van der Waals surface area contributed by atoms with Crippen LogP contribution >= 0.6 is 0 Å². The van der Waals surface area contributed by atoms with Crippen molar-refractivity contribution < 1.29 is 50.2 Å². The highest BCUT2D eigenvalue weighted by atomic mass is 32.2. The lowest BCUT2D eigenvalue weighted by atomic mass is 9.88. The molecule has 2 aromatic rings. The van der Waals surface area contributed by atoms with Gasteiger partial charge in [-0.25, -0.2) is 18.2 Å². The molecule has 1 aromatic heterocycles. The van der Waals surface area contributed by atoms with Gasteiger partial charge >= 0.3 is 12.3 Å². The Morgan fingerprint density at radius 1 is 1.06 bits per heavy atom. The fraction of sp³-hybridized carbons (Fsp3) is 0.595. The summed E-state index contributed by atoms with van der Waals surface area (Å²) in [6.45, 7) is 4.85. The number of carbonyl (C=O) groups is 4. The molecule has 1 saturated heterocycles. The second-order valence-corrected chi connectivity index (χ2v) is 17.6. The molecule has 3 fully saturated rings. The number of aromatic nitrogens is 1. The summed E-state index contributed by atoms with van der Waals surface area (Å²) in [5.41, 5.74) is -4.48. The fourth-order valence-corrected chi connectivity index (χ4v) is 8.65. The third-order valence-electron chi connectivity index (χ3n) is 10.8. The van der Waals surface area contributed by atoms with Gasteiger partial charge in [0.15, 0.2) is 0 Å². The SMILES string of the molecule is C[C@@H]1CCC=C[C@@H]2C[C@@]2(C(=O)NS(=O)(=O)C2CC2)NC(=O)[C@@H]2C[C@@H](Oc3nccc4ccccc34)CN2C(=O)[C@@H](NC(=O)OC(C)(C)C(F)(F)F)[C@H](C)C1. The molecular weight excluding hydrogens is 731 g/mol. The molecule has 4 amide bonds. The maximum atomic E-state index is 14.6. The van der Waals surface area contributed by atoms with Crippen LogP contribution in [0.1, 0.15) is 72.6 Å².